The smallest absolute Gasteiger partial charge is 0.221 e. The van der Waals surface area contributed by atoms with Crippen molar-refractivity contribution in [1.29, 1.82) is 0 Å². The summed E-state index contributed by atoms with van der Waals surface area (Å²) in [4.78, 5) is 3.49. The first kappa shape index (κ1) is 3.61. The van der Waals surface area contributed by atoms with Crippen LogP contribution in [0.3, 0.4) is 0 Å². The predicted octanol–water partition coefficient (Wildman–Crippen LogP) is 0.849. The van der Waals surface area contributed by atoms with Gasteiger partial charge < -0.3 is 5.11 Å². The molecule has 0 aromatic carbocycles. The molecule has 1 rings (SSSR count). The number of thiazole rings is 1. The summed E-state index contributed by atoms with van der Waals surface area (Å²) in [5.74, 6) is 0.111. The molecule has 0 aliphatic heterocycles. The summed E-state index contributed by atoms with van der Waals surface area (Å²) in [5, 5.41) is 9.94. The van der Waals surface area contributed by atoms with Crippen molar-refractivity contribution in [1.82, 2.24) is 4.98 Å². The lowest BCUT2D eigenvalue weighted by Crippen LogP contribution is -1.51. The lowest BCUT2D eigenvalue weighted by molar-refractivity contribution is 0.457. The highest BCUT2D eigenvalue weighted by Crippen LogP contribution is 2.04. The van der Waals surface area contributed by atoms with Gasteiger partial charge in [0, 0.05) is 0 Å². The van der Waals surface area contributed by atoms with E-state index in [2.05, 4.69) is 4.98 Å². The zero-order valence-corrected chi connectivity index (χ0v) is 3.77. The summed E-state index contributed by atoms with van der Waals surface area (Å²) < 4.78 is 0. The van der Waals surface area contributed by atoms with Crippen LogP contribution in [0.15, 0.2) is 10.9 Å². The average Bonchev–Trinajstić information content (AvgIpc) is 1.86. The normalized spacial score (nSPS) is 8.67. The molecule has 0 aliphatic carbocycles. The van der Waals surface area contributed by atoms with E-state index in [1.807, 2.05) is 0 Å². The zero-order chi connectivity index (χ0) is 4.41. The molecule has 0 fully saturated rings. The molecule has 1 aromatic rings. The summed E-state index contributed by atoms with van der Waals surface area (Å²) in [6.45, 7) is 0. The Morgan fingerprint density at radius 2 is 2.67 bits per heavy atom. The molecule has 0 saturated carbocycles. The van der Waals surface area contributed by atoms with E-state index in [4.69, 9.17) is 5.11 Å². The third-order valence-corrected chi connectivity index (χ3v) is 0.993. The second-order valence-electron chi connectivity index (χ2n) is 0.847. The molecule has 1 N–H and O–H groups in total. The molecule has 32 valence electrons. The predicted molar refractivity (Wildman–Crippen MR) is 23.8 cm³/mol. The van der Waals surface area contributed by atoms with Gasteiger partial charge in [-0.2, -0.15) is 0 Å². The molecule has 0 spiro atoms. The Kier molecular flexibility index (Phi) is 0.759. The van der Waals surface area contributed by atoms with Crippen LogP contribution in [0.2, 0.25) is 0 Å². The molecular formula is C3H3NOS. The maximum atomic E-state index is 8.37. The van der Waals surface area contributed by atoms with Crippen LogP contribution in [0.4, 0.5) is 0 Å². The van der Waals surface area contributed by atoms with E-state index in [0.717, 1.165) is 0 Å². The topological polar surface area (TPSA) is 33.1 Å². The Morgan fingerprint density at radius 3 is 2.83 bits per heavy atom. The standard InChI is InChI=1S/C3H3NOS/c5-3-1-6-2-4-3/h1-2,5H. The van der Waals surface area contributed by atoms with Crippen molar-refractivity contribution in [3.8, 4) is 5.88 Å². The van der Waals surface area contributed by atoms with Gasteiger partial charge in [-0.15, -0.1) is 11.3 Å². The van der Waals surface area contributed by atoms with Crippen molar-refractivity contribution in [3.63, 3.8) is 0 Å². The Labute approximate surface area is 39.1 Å². The minimum absolute atomic E-state index is 0.111. The molecule has 3 heteroatoms. The monoisotopic (exact) mass is 101 g/mol. The van der Waals surface area contributed by atoms with Gasteiger partial charge in [0.15, 0.2) is 0 Å². The van der Waals surface area contributed by atoms with E-state index in [0.29, 0.717) is 0 Å². The van der Waals surface area contributed by atoms with Gasteiger partial charge in [-0.05, 0) is 0 Å². The first-order valence-electron chi connectivity index (χ1n) is 1.47. The molecule has 1 heterocycles. The molecule has 0 aliphatic rings. The first-order chi connectivity index (χ1) is 2.89. The van der Waals surface area contributed by atoms with Crippen LogP contribution in [-0.2, 0) is 0 Å². The van der Waals surface area contributed by atoms with Crippen LogP contribution in [-0.4, -0.2) is 10.1 Å². The number of hydrogen-bond acceptors (Lipinski definition) is 3. The summed E-state index contributed by atoms with van der Waals surface area (Å²) in [6, 6.07) is 0. The quantitative estimate of drug-likeness (QED) is 0.525. The van der Waals surface area contributed by atoms with E-state index in [1.165, 1.54) is 11.3 Å². The van der Waals surface area contributed by atoms with Gasteiger partial charge in [0.1, 0.15) is 0 Å². The summed E-state index contributed by atoms with van der Waals surface area (Å²) >= 11 is 1.38. The van der Waals surface area contributed by atoms with E-state index in [-0.39, 0.29) is 5.88 Å². The minimum atomic E-state index is 0.111. The van der Waals surface area contributed by atoms with Gasteiger partial charge in [-0.1, -0.05) is 0 Å². The highest BCUT2D eigenvalue weighted by molar-refractivity contribution is 7.07. The Bertz CT molecular complexity index is 114. The molecular weight excluding hydrogens is 98.1 g/mol. The second kappa shape index (κ2) is 1.26. The van der Waals surface area contributed by atoms with Crippen LogP contribution >= 0.6 is 11.3 Å². The first-order valence-corrected chi connectivity index (χ1v) is 2.41. The van der Waals surface area contributed by atoms with Crippen molar-refractivity contribution in [2.24, 2.45) is 0 Å². The Hall–Kier alpha value is -0.570. The van der Waals surface area contributed by atoms with Crippen molar-refractivity contribution >= 4 is 11.3 Å². The molecule has 6 heavy (non-hydrogen) atoms. The van der Waals surface area contributed by atoms with Crippen LogP contribution in [0.1, 0.15) is 0 Å². The van der Waals surface area contributed by atoms with Gasteiger partial charge in [-0.25, -0.2) is 4.98 Å². The molecule has 0 radical (unpaired) electrons. The number of rotatable bonds is 0. The summed E-state index contributed by atoms with van der Waals surface area (Å²) in [5.41, 5.74) is 1.58. The molecule has 0 unspecified atom stereocenters. The van der Waals surface area contributed by atoms with Gasteiger partial charge in [0.25, 0.3) is 0 Å². The fourth-order valence-electron chi connectivity index (χ4n) is 0.206. The van der Waals surface area contributed by atoms with Gasteiger partial charge >= 0.3 is 0 Å². The fourth-order valence-corrected chi connectivity index (χ4v) is 0.618. The number of hydrogen-bond donors (Lipinski definition) is 1. The van der Waals surface area contributed by atoms with Crippen molar-refractivity contribution in [2.45, 2.75) is 0 Å². The molecule has 0 bridgehead atoms. The molecule has 0 atom stereocenters. The van der Waals surface area contributed by atoms with Crippen molar-refractivity contribution in [3.05, 3.63) is 10.9 Å². The maximum absolute atomic E-state index is 8.37. The Morgan fingerprint density at radius 1 is 1.83 bits per heavy atom. The van der Waals surface area contributed by atoms with Crippen molar-refractivity contribution in [2.75, 3.05) is 0 Å². The van der Waals surface area contributed by atoms with Crippen LogP contribution < -0.4 is 0 Å². The van der Waals surface area contributed by atoms with E-state index in [1.54, 1.807) is 10.9 Å². The van der Waals surface area contributed by atoms with Crippen molar-refractivity contribution < 1.29 is 5.11 Å². The number of aromatic nitrogens is 1. The van der Waals surface area contributed by atoms with Crippen LogP contribution in [0.25, 0.3) is 0 Å². The molecule has 1 aromatic heterocycles. The summed E-state index contributed by atoms with van der Waals surface area (Å²) in [6.07, 6.45) is 0. The lowest BCUT2D eigenvalue weighted by Gasteiger charge is -1.66. The Balaban J connectivity index is 3.05. The fraction of sp³-hybridized carbons (Fsp3) is 0. The molecule has 2 nitrogen and oxygen atoms in total. The molecule has 0 amide bonds. The number of aromatic hydroxyl groups is 1. The van der Waals surface area contributed by atoms with Crippen LogP contribution in [0.5, 0.6) is 5.88 Å². The average molecular weight is 101 g/mol. The third-order valence-electron chi connectivity index (χ3n) is 0.419. The maximum Gasteiger partial charge on any atom is 0.221 e. The highest BCUT2D eigenvalue weighted by Gasteiger charge is 1.79. The number of nitrogens with zero attached hydrogens (tertiary/aromatic N) is 1. The van der Waals surface area contributed by atoms with Gasteiger partial charge in [0.05, 0.1) is 10.9 Å². The van der Waals surface area contributed by atoms with Crippen LogP contribution in [0, 0.1) is 0 Å². The summed E-state index contributed by atoms with van der Waals surface area (Å²) in [7, 11) is 0. The second-order valence-corrected chi connectivity index (χ2v) is 1.57. The van der Waals surface area contributed by atoms with E-state index < -0.39 is 0 Å². The third kappa shape index (κ3) is 0.490. The van der Waals surface area contributed by atoms with Gasteiger partial charge in [0.2, 0.25) is 5.88 Å². The zero-order valence-electron chi connectivity index (χ0n) is 2.96. The van der Waals surface area contributed by atoms with E-state index >= 15 is 0 Å². The highest BCUT2D eigenvalue weighted by atomic mass is 32.1. The van der Waals surface area contributed by atoms with E-state index in [9.17, 15) is 0 Å². The SMILES string of the molecule is Oc1cscn1. The largest absolute Gasteiger partial charge is 0.493 e. The molecule has 0 saturated heterocycles. The lowest BCUT2D eigenvalue weighted by atomic mass is 10.9. The van der Waals surface area contributed by atoms with Gasteiger partial charge in [-0.3, -0.25) is 0 Å². The minimum Gasteiger partial charge on any atom is -0.493 e.